The Hall–Kier alpha value is -2.75. The van der Waals surface area contributed by atoms with Crippen molar-refractivity contribution in [1.29, 1.82) is 0 Å². The number of urea groups is 1. The third-order valence-electron chi connectivity index (χ3n) is 4.18. The quantitative estimate of drug-likeness (QED) is 0.314. The number of benzene rings is 2. The molecule has 0 spiro atoms. The van der Waals surface area contributed by atoms with Crippen LogP contribution in [0.1, 0.15) is 5.56 Å². The van der Waals surface area contributed by atoms with Gasteiger partial charge in [-0.3, -0.25) is 4.98 Å². The van der Waals surface area contributed by atoms with Crippen molar-refractivity contribution in [1.82, 2.24) is 4.98 Å². The molecule has 158 valence electrons. The number of rotatable bonds is 4. The number of hydrogen-bond donors (Lipinski definition) is 2. The third kappa shape index (κ3) is 5.12. The summed E-state index contributed by atoms with van der Waals surface area (Å²) in [6.45, 7) is 0. The topological polar surface area (TPSA) is 54.0 Å². The van der Waals surface area contributed by atoms with Crippen molar-refractivity contribution in [3.8, 4) is 0 Å². The Bertz CT molecular complexity index is 1240. The molecular formula is C21H13ClF3N3OS2. The lowest BCUT2D eigenvalue weighted by atomic mass is 10.2. The molecule has 2 amide bonds. The van der Waals surface area contributed by atoms with Gasteiger partial charge in [-0.15, -0.1) is 11.3 Å². The van der Waals surface area contributed by atoms with Crippen LogP contribution in [-0.4, -0.2) is 11.0 Å². The van der Waals surface area contributed by atoms with Crippen LogP contribution in [0, 0.1) is 0 Å². The smallest absolute Gasteiger partial charge is 0.308 e. The van der Waals surface area contributed by atoms with Gasteiger partial charge in [0, 0.05) is 27.4 Å². The van der Waals surface area contributed by atoms with Gasteiger partial charge in [-0.2, -0.15) is 13.2 Å². The minimum Gasteiger partial charge on any atom is -0.308 e. The van der Waals surface area contributed by atoms with Crippen LogP contribution in [0.2, 0.25) is 5.02 Å². The van der Waals surface area contributed by atoms with Gasteiger partial charge in [0.25, 0.3) is 0 Å². The number of amides is 2. The Morgan fingerprint density at radius 3 is 2.45 bits per heavy atom. The number of nitrogens with zero attached hydrogens (tertiary/aromatic N) is 1. The van der Waals surface area contributed by atoms with Gasteiger partial charge in [-0.05, 0) is 60.0 Å². The molecule has 2 N–H and O–H groups in total. The molecule has 4 rings (SSSR count). The van der Waals surface area contributed by atoms with E-state index in [1.165, 1.54) is 6.07 Å². The number of alkyl halides is 3. The number of carbonyl (C=O) groups excluding carboxylic acids is 1. The average molecular weight is 480 g/mol. The lowest BCUT2D eigenvalue weighted by Crippen LogP contribution is -2.19. The van der Waals surface area contributed by atoms with Crippen LogP contribution < -0.4 is 10.6 Å². The Balaban J connectivity index is 1.41. The van der Waals surface area contributed by atoms with E-state index in [1.54, 1.807) is 41.4 Å². The number of thiophene rings is 1. The number of carbonyl (C=O) groups is 1. The SMILES string of the molecule is O=C(Nc1ccc(Sc2ccnc3ccsc23)cc1)Nc1ccc(Cl)c(C(F)(F)F)c1. The zero-order valence-corrected chi connectivity index (χ0v) is 17.9. The van der Waals surface area contributed by atoms with Gasteiger partial charge in [0.1, 0.15) is 0 Å². The van der Waals surface area contributed by atoms with E-state index in [4.69, 9.17) is 11.6 Å². The molecule has 0 aliphatic rings. The number of pyridine rings is 1. The van der Waals surface area contributed by atoms with Gasteiger partial charge in [0.15, 0.2) is 0 Å². The normalized spacial score (nSPS) is 11.5. The minimum atomic E-state index is -4.61. The zero-order valence-electron chi connectivity index (χ0n) is 15.5. The van der Waals surface area contributed by atoms with E-state index in [0.717, 1.165) is 32.1 Å². The summed E-state index contributed by atoms with van der Waals surface area (Å²) in [4.78, 5) is 18.6. The summed E-state index contributed by atoms with van der Waals surface area (Å²) in [6, 6.07) is 13.6. The second-order valence-corrected chi connectivity index (χ2v) is 8.78. The average Bonchev–Trinajstić information content (AvgIpc) is 3.20. The molecule has 0 saturated carbocycles. The largest absolute Gasteiger partial charge is 0.417 e. The maximum absolute atomic E-state index is 13.0. The number of hydrogen-bond acceptors (Lipinski definition) is 4. The first-order chi connectivity index (χ1) is 14.8. The number of nitrogens with one attached hydrogen (secondary N) is 2. The molecule has 0 radical (unpaired) electrons. The Morgan fingerprint density at radius 1 is 1.00 bits per heavy atom. The fraction of sp³-hybridized carbons (Fsp3) is 0.0476. The first-order valence-electron chi connectivity index (χ1n) is 8.84. The van der Waals surface area contributed by atoms with Crippen LogP contribution in [-0.2, 0) is 6.18 Å². The molecule has 0 saturated heterocycles. The lowest BCUT2D eigenvalue weighted by Gasteiger charge is -2.12. The van der Waals surface area contributed by atoms with Gasteiger partial charge < -0.3 is 10.6 Å². The summed E-state index contributed by atoms with van der Waals surface area (Å²) < 4.78 is 40.0. The van der Waals surface area contributed by atoms with Crippen molar-refractivity contribution in [2.45, 2.75) is 16.0 Å². The fourth-order valence-electron chi connectivity index (χ4n) is 2.78. The van der Waals surface area contributed by atoms with Gasteiger partial charge >= 0.3 is 12.2 Å². The van der Waals surface area contributed by atoms with Crippen LogP contribution >= 0.6 is 34.7 Å². The second-order valence-electron chi connectivity index (χ2n) is 6.34. The minimum absolute atomic E-state index is 0.0148. The van der Waals surface area contributed by atoms with E-state index >= 15 is 0 Å². The highest BCUT2D eigenvalue weighted by molar-refractivity contribution is 7.99. The molecule has 4 nitrogen and oxygen atoms in total. The Kier molecular flexibility index (Phi) is 6.08. The maximum atomic E-state index is 13.0. The van der Waals surface area contributed by atoms with E-state index in [9.17, 15) is 18.0 Å². The van der Waals surface area contributed by atoms with E-state index in [1.807, 2.05) is 29.6 Å². The summed E-state index contributed by atoms with van der Waals surface area (Å²) in [5.74, 6) is 0. The molecule has 4 aromatic rings. The maximum Gasteiger partial charge on any atom is 0.417 e. The summed E-state index contributed by atoms with van der Waals surface area (Å²) in [5.41, 5.74) is 0.423. The molecule has 0 aliphatic carbocycles. The van der Waals surface area contributed by atoms with Crippen LogP contribution in [0.3, 0.4) is 0 Å². The molecule has 10 heteroatoms. The van der Waals surface area contributed by atoms with Gasteiger partial charge in [-0.25, -0.2) is 4.79 Å². The lowest BCUT2D eigenvalue weighted by molar-refractivity contribution is -0.137. The van der Waals surface area contributed by atoms with Crippen molar-refractivity contribution in [2.24, 2.45) is 0 Å². The van der Waals surface area contributed by atoms with Crippen molar-refractivity contribution in [3.63, 3.8) is 0 Å². The first kappa shape index (κ1) is 21.5. The van der Waals surface area contributed by atoms with E-state index in [-0.39, 0.29) is 5.69 Å². The number of fused-ring (bicyclic) bond motifs is 1. The molecule has 0 atom stereocenters. The highest BCUT2D eigenvalue weighted by Crippen LogP contribution is 2.37. The molecule has 2 aromatic heterocycles. The van der Waals surface area contributed by atoms with Crippen LogP contribution in [0.25, 0.3) is 10.2 Å². The van der Waals surface area contributed by atoms with Crippen LogP contribution in [0.15, 0.2) is 76.0 Å². The number of aromatic nitrogens is 1. The fourth-order valence-corrected chi connectivity index (χ4v) is 4.88. The molecule has 0 bridgehead atoms. The van der Waals surface area contributed by atoms with Gasteiger partial charge in [0.05, 0.1) is 20.8 Å². The molecule has 0 aliphatic heterocycles. The summed E-state index contributed by atoms with van der Waals surface area (Å²) >= 11 is 8.79. The highest BCUT2D eigenvalue weighted by Gasteiger charge is 2.33. The first-order valence-corrected chi connectivity index (χ1v) is 10.9. The Labute approximate surface area is 188 Å². The van der Waals surface area contributed by atoms with Gasteiger partial charge in [0.2, 0.25) is 0 Å². The second kappa shape index (κ2) is 8.78. The molecule has 0 unspecified atom stereocenters. The summed E-state index contributed by atoms with van der Waals surface area (Å²) in [5, 5.41) is 6.54. The van der Waals surface area contributed by atoms with E-state index < -0.39 is 22.8 Å². The van der Waals surface area contributed by atoms with Crippen molar-refractivity contribution >= 4 is 62.3 Å². The molecule has 0 fully saturated rings. The van der Waals surface area contributed by atoms with Crippen LogP contribution in [0.5, 0.6) is 0 Å². The third-order valence-corrected chi connectivity index (χ3v) is 6.64. The molecule has 2 aromatic carbocycles. The van der Waals surface area contributed by atoms with Gasteiger partial charge in [-0.1, -0.05) is 23.4 Å². The predicted octanol–water partition coefficient (Wildman–Crippen LogP) is 7.76. The van der Waals surface area contributed by atoms with E-state index in [0.29, 0.717) is 5.69 Å². The molecular weight excluding hydrogens is 467 g/mol. The monoisotopic (exact) mass is 479 g/mol. The van der Waals surface area contributed by atoms with Crippen LogP contribution in [0.4, 0.5) is 29.3 Å². The van der Waals surface area contributed by atoms with Crippen molar-refractivity contribution in [3.05, 3.63) is 76.8 Å². The summed E-state index contributed by atoms with van der Waals surface area (Å²) in [7, 11) is 0. The van der Waals surface area contributed by atoms with Crippen molar-refractivity contribution < 1.29 is 18.0 Å². The number of halogens is 4. The summed E-state index contributed by atoms with van der Waals surface area (Å²) in [6.07, 6.45) is -2.85. The van der Waals surface area contributed by atoms with Crippen molar-refractivity contribution in [2.75, 3.05) is 10.6 Å². The predicted molar refractivity (Wildman–Crippen MR) is 119 cm³/mol. The zero-order chi connectivity index (χ0) is 22.0. The molecule has 2 heterocycles. The number of anilines is 2. The molecule has 31 heavy (non-hydrogen) atoms. The highest BCUT2D eigenvalue weighted by atomic mass is 35.5. The standard InChI is InChI=1S/C21H13ClF3N3OS2/c22-16-6-3-13(11-15(16)21(23,24)25)28-20(29)27-12-1-4-14(5-2-12)31-18-7-9-26-17-8-10-30-19(17)18/h1-11H,(H2,27,28,29). The van der Waals surface area contributed by atoms with E-state index in [2.05, 4.69) is 15.6 Å². The Morgan fingerprint density at radius 2 is 1.71 bits per heavy atom.